The number of ether oxygens (including phenoxy) is 1. The van der Waals surface area contributed by atoms with Crippen LogP contribution in [-0.2, 0) is 4.74 Å². The van der Waals surface area contributed by atoms with E-state index in [9.17, 15) is 0 Å². The molecule has 1 aliphatic carbocycles. The minimum Gasteiger partial charge on any atom is -0.382 e. The second-order valence-electron chi connectivity index (χ2n) is 3.24. The van der Waals surface area contributed by atoms with Crippen LogP contribution in [0.4, 0.5) is 0 Å². The van der Waals surface area contributed by atoms with E-state index in [1.807, 2.05) is 6.92 Å². The number of nitrogens with one attached hydrogen (secondary N) is 1. The van der Waals surface area contributed by atoms with E-state index in [2.05, 4.69) is 10.3 Å². The lowest BCUT2D eigenvalue weighted by atomic mass is 10.4. The monoisotopic (exact) mass is 185 g/mol. The summed E-state index contributed by atoms with van der Waals surface area (Å²) in [5, 5.41) is 3.13. The lowest BCUT2D eigenvalue weighted by molar-refractivity contribution is 0.146. The van der Waals surface area contributed by atoms with Gasteiger partial charge < -0.3 is 15.8 Å². The molecule has 0 bridgehead atoms. The molecule has 4 nitrogen and oxygen atoms in total. The Bertz CT molecular complexity index is 166. The van der Waals surface area contributed by atoms with Gasteiger partial charge in [0.25, 0.3) is 0 Å². The molecule has 4 heteroatoms. The van der Waals surface area contributed by atoms with Crippen molar-refractivity contribution in [1.82, 2.24) is 5.32 Å². The molecule has 0 atom stereocenters. The normalized spacial score (nSPS) is 17.5. The molecular formula is C9H19N3O. The van der Waals surface area contributed by atoms with E-state index < -0.39 is 0 Å². The van der Waals surface area contributed by atoms with Crippen molar-refractivity contribution in [1.29, 1.82) is 0 Å². The summed E-state index contributed by atoms with van der Waals surface area (Å²) >= 11 is 0. The average molecular weight is 185 g/mol. The molecular weight excluding hydrogens is 166 g/mol. The number of aliphatic imine (C=N–C) groups is 1. The summed E-state index contributed by atoms with van der Waals surface area (Å²) in [5.41, 5.74) is 5.63. The van der Waals surface area contributed by atoms with Crippen LogP contribution >= 0.6 is 0 Å². The van der Waals surface area contributed by atoms with E-state index in [0.717, 1.165) is 26.2 Å². The van der Waals surface area contributed by atoms with Gasteiger partial charge in [0.1, 0.15) is 0 Å². The summed E-state index contributed by atoms with van der Waals surface area (Å²) in [6.45, 7) is 4.30. The minimum absolute atomic E-state index is 0.582. The number of nitrogens with zero attached hydrogens (tertiary/aromatic N) is 1. The molecule has 76 valence electrons. The number of hydrogen-bond donors (Lipinski definition) is 2. The first kappa shape index (κ1) is 10.3. The van der Waals surface area contributed by atoms with Gasteiger partial charge in [-0.05, 0) is 26.2 Å². The molecule has 1 rings (SSSR count). The van der Waals surface area contributed by atoms with E-state index in [0.29, 0.717) is 12.0 Å². The minimum atomic E-state index is 0.582. The number of nitrogens with two attached hydrogens (primary N) is 1. The SMILES string of the molecule is CCOCCCN=C(N)NC1CC1. The molecule has 3 N–H and O–H groups in total. The molecule has 0 saturated heterocycles. The molecule has 0 heterocycles. The van der Waals surface area contributed by atoms with Crippen LogP contribution < -0.4 is 11.1 Å². The molecule has 0 unspecified atom stereocenters. The molecule has 0 aromatic heterocycles. The van der Waals surface area contributed by atoms with Crippen molar-refractivity contribution in [2.75, 3.05) is 19.8 Å². The Labute approximate surface area is 79.6 Å². The van der Waals surface area contributed by atoms with Crippen LogP contribution in [0.5, 0.6) is 0 Å². The lowest BCUT2D eigenvalue weighted by Gasteiger charge is -2.02. The Hall–Kier alpha value is -0.770. The van der Waals surface area contributed by atoms with Crippen molar-refractivity contribution in [3.8, 4) is 0 Å². The Kier molecular flexibility index (Phi) is 4.60. The quantitative estimate of drug-likeness (QED) is 0.359. The van der Waals surface area contributed by atoms with Gasteiger partial charge in [-0.2, -0.15) is 0 Å². The van der Waals surface area contributed by atoms with Crippen LogP contribution in [0.15, 0.2) is 4.99 Å². The highest BCUT2D eigenvalue weighted by molar-refractivity contribution is 5.78. The molecule has 0 radical (unpaired) electrons. The molecule has 13 heavy (non-hydrogen) atoms. The number of hydrogen-bond acceptors (Lipinski definition) is 2. The highest BCUT2D eigenvalue weighted by Gasteiger charge is 2.21. The number of guanidine groups is 1. The van der Waals surface area contributed by atoms with Crippen LogP contribution in [0, 0.1) is 0 Å². The van der Waals surface area contributed by atoms with Gasteiger partial charge >= 0.3 is 0 Å². The predicted octanol–water partition coefficient (Wildman–Crippen LogP) is 0.480. The summed E-state index contributed by atoms with van der Waals surface area (Å²) in [5.74, 6) is 0.582. The van der Waals surface area contributed by atoms with Crippen LogP contribution in [0.25, 0.3) is 0 Å². The van der Waals surface area contributed by atoms with Gasteiger partial charge in [0, 0.05) is 25.8 Å². The van der Waals surface area contributed by atoms with Gasteiger partial charge in [-0.1, -0.05) is 0 Å². The summed E-state index contributed by atoms with van der Waals surface area (Å²) in [6, 6.07) is 0.593. The lowest BCUT2D eigenvalue weighted by Crippen LogP contribution is -2.33. The molecule has 0 aromatic rings. The average Bonchev–Trinajstić information content (AvgIpc) is 2.88. The van der Waals surface area contributed by atoms with Crippen molar-refractivity contribution in [2.24, 2.45) is 10.7 Å². The van der Waals surface area contributed by atoms with E-state index >= 15 is 0 Å². The predicted molar refractivity (Wildman–Crippen MR) is 53.8 cm³/mol. The standard InChI is InChI=1S/C9H19N3O/c1-2-13-7-3-6-11-9(10)12-8-4-5-8/h8H,2-7H2,1H3,(H3,10,11,12). The van der Waals surface area contributed by atoms with Gasteiger partial charge in [0.05, 0.1) is 0 Å². The van der Waals surface area contributed by atoms with Gasteiger partial charge in [-0.15, -0.1) is 0 Å². The first-order valence-electron chi connectivity index (χ1n) is 4.97. The van der Waals surface area contributed by atoms with Crippen LogP contribution in [-0.4, -0.2) is 31.8 Å². The van der Waals surface area contributed by atoms with E-state index in [-0.39, 0.29) is 0 Å². The largest absolute Gasteiger partial charge is 0.382 e. The van der Waals surface area contributed by atoms with Gasteiger partial charge in [0.15, 0.2) is 5.96 Å². The summed E-state index contributed by atoms with van der Waals surface area (Å²) in [4.78, 5) is 4.18. The first-order chi connectivity index (χ1) is 6.33. The van der Waals surface area contributed by atoms with Crippen molar-refractivity contribution in [3.05, 3.63) is 0 Å². The van der Waals surface area contributed by atoms with Crippen molar-refractivity contribution in [2.45, 2.75) is 32.2 Å². The third-order valence-corrected chi connectivity index (χ3v) is 1.86. The maximum atomic E-state index is 5.63. The van der Waals surface area contributed by atoms with Crippen molar-refractivity contribution < 1.29 is 4.74 Å². The first-order valence-corrected chi connectivity index (χ1v) is 4.97. The molecule has 1 saturated carbocycles. The molecule has 1 fully saturated rings. The second-order valence-corrected chi connectivity index (χ2v) is 3.24. The highest BCUT2D eigenvalue weighted by atomic mass is 16.5. The summed E-state index contributed by atoms with van der Waals surface area (Å²) in [6.07, 6.45) is 3.41. The van der Waals surface area contributed by atoms with Gasteiger partial charge in [-0.25, -0.2) is 0 Å². The Morgan fingerprint density at radius 3 is 3.00 bits per heavy atom. The van der Waals surface area contributed by atoms with Gasteiger partial charge in [0.2, 0.25) is 0 Å². The third-order valence-electron chi connectivity index (χ3n) is 1.86. The Morgan fingerprint density at radius 1 is 1.62 bits per heavy atom. The Morgan fingerprint density at radius 2 is 2.38 bits per heavy atom. The zero-order chi connectivity index (χ0) is 9.52. The number of rotatable bonds is 6. The molecule has 0 aliphatic heterocycles. The highest BCUT2D eigenvalue weighted by Crippen LogP contribution is 2.17. The fourth-order valence-electron chi connectivity index (χ4n) is 0.993. The smallest absolute Gasteiger partial charge is 0.188 e. The fraction of sp³-hybridized carbons (Fsp3) is 0.889. The topological polar surface area (TPSA) is 59.6 Å². The van der Waals surface area contributed by atoms with E-state index in [1.165, 1.54) is 12.8 Å². The van der Waals surface area contributed by atoms with Crippen molar-refractivity contribution in [3.63, 3.8) is 0 Å². The summed E-state index contributed by atoms with van der Waals surface area (Å²) < 4.78 is 5.18. The molecule has 0 amide bonds. The maximum absolute atomic E-state index is 5.63. The summed E-state index contributed by atoms with van der Waals surface area (Å²) in [7, 11) is 0. The second kappa shape index (κ2) is 5.80. The van der Waals surface area contributed by atoms with Crippen LogP contribution in [0.3, 0.4) is 0 Å². The zero-order valence-electron chi connectivity index (χ0n) is 8.25. The fourth-order valence-corrected chi connectivity index (χ4v) is 0.993. The molecule has 1 aliphatic rings. The zero-order valence-corrected chi connectivity index (χ0v) is 8.25. The molecule has 0 aromatic carbocycles. The van der Waals surface area contributed by atoms with E-state index in [1.54, 1.807) is 0 Å². The van der Waals surface area contributed by atoms with Crippen LogP contribution in [0.1, 0.15) is 26.2 Å². The Balaban J connectivity index is 1.94. The van der Waals surface area contributed by atoms with E-state index in [4.69, 9.17) is 10.5 Å². The van der Waals surface area contributed by atoms with Crippen molar-refractivity contribution >= 4 is 5.96 Å². The maximum Gasteiger partial charge on any atom is 0.188 e. The molecule has 0 spiro atoms. The third kappa shape index (κ3) is 5.47. The van der Waals surface area contributed by atoms with Crippen LogP contribution in [0.2, 0.25) is 0 Å². The van der Waals surface area contributed by atoms with Gasteiger partial charge in [-0.3, -0.25) is 4.99 Å².